The Morgan fingerprint density at radius 3 is 1.36 bits per heavy atom. The summed E-state index contributed by atoms with van der Waals surface area (Å²) in [5.74, 6) is 4.26. The largest absolute Gasteiger partial charge is 1.00 e. The van der Waals surface area contributed by atoms with Gasteiger partial charge in [-0.05, 0) is 122 Å². The van der Waals surface area contributed by atoms with Gasteiger partial charge in [0.25, 0.3) is 0 Å². The number of nitrogens with zero attached hydrogens (tertiary/aromatic N) is 2. The van der Waals surface area contributed by atoms with Crippen molar-refractivity contribution in [3.05, 3.63) is 262 Å². The molecule has 0 unspecified atom stereocenters. The Balaban J connectivity index is 0.000000448. The Morgan fingerprint density at radius 1 is 0.405 bits per heavy atom. The average molecular weight is 1280 g/mol. The number of benzene rings is 5. The minimum Gasteiger partial charge on any atom is -0.518 e. The van der Waals surface area contributed by atoms with E-state index in [2.05, 4.69) is 130 Å². The third-order valence-electron chi connectivity index (χ3n) is 12.1. The van der Waals surface area contributed by atoms with Crippen LogP contribution in [0.3, 0.4) is 0 Å². The van der Waals surface area contributed by atoms with Crippen molar-refractivity contribution in [3.8, 4) is 65.1 Å². The molecule has 0 amide bonds. The van der Waals surface area contributed by atoms with Crippen LogP contribution in [0, 0.1) is 38.4 Å². The van der Waals surface area contributed by atoms with Crippen LogP contribution in [-0.2, 0) is 27.3 Å². The predicted molar refractivity (Wildman–Crippen MR) is 335 cm³/mol. The van der Waals surface area contributed by atoms with E-state index in [0.717, 1.165) is 54.0 Å². The summed E-state index contributed by atoms with van der Waals surface area (Å²) in [5.41, 5.74) is 6.80. The van der Waals surface area contributed by atoms with Crippen molar-refractivity contribution in [2.24, 2.45) is 0 Å². The summed E-state index contributed by atoms with van der Waals surface area (Å²) in [6, 6.07) is 70.7. The number of thiophene rings is 4. The van der Waals surface area contributed by atoms with Crippen LogP contribution in [0.5, 0.6) is 65.1 Å². The first-order valence-corrected chi connectivity index (χ1v) is 28.0. The van der Waals surface area contributed by atoms with E-state index in [1.54, 1.807) is 23.5 Å². The Kier molecular flexibility index (Phi) is 34.4. The molecule has 0 aliphatic heterocycles. The van der Waals surface area contributed by atoms with Gasteiger partial charge < -0.3 is 49.8 Å². The van der Waals surface area contributed by atoms with Crippen molar-refractivity contribution in [3.63, 3.8) is 0 Å². The molecule has 0 fully saturated rings. The van der Waals surface area contributed by atoms with Gasteiger partial charge in [0.2, 0.25) is 5.88 Å². The molecule has 0 aliphatic carbocycles. The first-order chi connectivity index (χ1) is 37.3. The zero-order valence-corrected chi connectivity index (χ0v) is 61.0. The molecule has 0 bridgehead atoms. The summed E-state index contributed by atoms with van der Waals surface area (Å²) >= 11 is 5.96. The number of pyridine rings is 2. The molecule has 11 nitrogen and oxygen atoms in total. The molecule has 0 atom stereocenters. The molecule has 6 heterocycles. The smallest absolute Gasteiger partial charge is 0.518 e. The van der Waals surface area contributed by atoms with Gasteiger partial charge >= 0.3 is 154 Å². The Labute approximate surface area is 638 Å². The molecule has 420 valence electrons. The third kappa shape index (κ3) is 22.7. The maximum atomic E-state index is 6.26. The van der Waals surface area contributed by atoms with Gasteiger partial charge in [0, 0.05) is 33.2 Å². The molecule has 6 aromatic heterocycles. The van der Waals surface area contributed by atoms with Gasteiger partial charge in [-0.2, -0.15) is 54.6 Å². The molecule has 0 spiro atoms. The standard InChI is InChI=1S/C35H33O2S.C15H11N2O2S.C15H11O2S2.CH4.3K.3H2O/c1-25-12-9-15-27(22-25)35(4,5)29-17-11-19-31(24-29)37-33-21-20-32(38-33)36-30-18-10-16-28(23-30)34(2,3)26-13-7-6-8-14-26;1-11-5-4-7-13(17-11)19-15-9-8-14(20-15)18-12-6-2-3-10-16-12;1-11-7-8-15(19-11)17-13-5-2-4-12(10-13)16-14-6-3-9-18-14;;;;;;;/h6-7,9-24H,1-5H3;2-9H,1H3;2-8,10H,1H3;1H4;;;;3*1H2/q3*-1;;3*+1;;;/p+3. The second kappa shape index (κ2) is 37.6. The van der Waals surface area contributed by atoms with Crippen LogP contribution in [0.1, 0.15) is 73.5 Å². The van der Waals surface area contributed by atoms with Gasteiger partial charge in [0.15, 0.2) is 25.3 Å². The first-order valence-electron chi connectivity index (χ1n) is 24.7. The summed E-state index contributed by atoms with van der Waals surface area (Å²) in [5, 5.41) is 7.72. The number of ether oxygens (including phenoxy) is 6. The fourth-order valence-electron chi connectivity index (χ4n) is 7.84. The van der Waals surface area contributed by atoms with Crippen molar-refractivity contribution in [1.82, 2.24) is 9.97 Å². The Hall–Kier alpha value is -3.21. The molecule has 11 rings (SSSR count). The van der Waals surface area contributed by atoms with Crippen molar-refractivity contribution in [2.75, 3.05) is 0 Å². The molecule has 11 aromatic rings. The maximum Gasteiger partial charge on any atom is 1.00 e. The van der Waals surface area contributed by atoms with Crippen molar-refractivity contribution < 1.29 is 199 Å². The average Bonchev–Trinajstić information content (AvgIpc) is 4.25. The van der Waals surface area contributed by atoms with Gasteiger partial charge in [-0.1, -0.05) is 130 Å². The van der Waals surface area contributed by atoms with E-state index in [4.69, 9.17) is 28.4 Å². The van der Waals surface area contributed by atoms with E-state index >= 15 is 0 Å². The molecular formula is C66H68K3N2O9S4+3. The normalized spacial score (nSPS) is 10.1. The quantitative estimate of drug-likeness (QED) is 0.0524. The monoisotopic (exact) mass is 1280 g/mol. The number of hydrogen-bond donors (Lipinski definition) is 0. The van der Waals surface area contributed by atoms with E-state index < -0.39 is 0 Å². The molecule has 0 radical (unpaired) electrons. The zero-order valence-electron chi connectivity index (χ0n) is 48.3. The van der Waals surface area contributed by atoms with E-state index in [-0.39, 0.29) is 189 Å². The predicted octanol–water partition coefficient (Wildman–Crippen LogP) is 8.71. The van der Waals surface area contributed by atoms with Crippen molar-refractivity contribution >= 4 is 45.3 Å². The van der Waals surface area contributed by atoms with E-state index in [9.17, 15) is 0 Å². The summed E-state index contributed by atoms with van der Waals surface area (Å²) in [6.07, 6.45) is 2.72. The van der Waals surface area contributed by atoms with Crippen LogP contribution in [0.25, 0.3) is 0 Å². The minimum atomic E-state index is -0.155. The Bertz CT molecular complexity index is 3630. The molecule has 18 heteroatoms. The topological polar surface area (TPSA) is 180 Å². The van der Waals surface area contributed by atoms with Gasteiger partial charge in [-0.3, -0.25) is 11.3 Å². The van der Waals surface area contributed by atoms with Crippen LogP contribution in [0.2, 0.25) is 0 Å². The second-order valence-electron chi connectivity index (χ2n) is 18.7. The summed E-state index contributed by atoms with van der Waals surface area (Å²) in [4.78, 5) is 9.51. The van der Waals surface area contributed by atoms with Crippen LogP contribution in [0.4, 0.5) is 0 Å². The number of aryl methyl sites for hydroxylation is 3. The van der Waals surface area contributed by atoms with Crippen LogP contribution in [0.15, 0.2) is 206 Å². The van der Waals surface area contributed by atoms with Gasteiger partial charge in [-0.25, -0.2) is 4.98 Å². The molecule has 0 saturated carbocycles. The Morgan fingerprint density at radius 2 is 0.857 bits per heavy atom. The number of aromatic nitrogens is 2. The van der Waals surface area contributed by atoms with Crippen molar-refractivity contribution in [1.29, 1.82) is 0 Å². The number of hydrogen-bond acceptors (Lipinski definition) is 12. The van der Waals surface area contributed by atoms with E-state index in [0.29, 0.717) is 16.8 Å². The molecule has 0 saturated heterocycles. The van der Waals surface area contributed by atoms with Crippen molar-refractivity contribution in [2.45, 2.75) is 66.7 Å². The number of rotatable bonds is 16. The molecule has 84 heavy (non-hydrogen) atoms. The fraction of sp³-hybridized carbons (Fsp3) is 0.152. The van der Waals surface area contributed by atoms with Gasteiger partial charge in [0.1, 0.15) is 28.9 Å². The van der Waals surface area contributed by atoms with Crippen LogP contribution >= 0.6 is 45.3 Å². The molecule has 5 aromatic carbocycles. The molecular weight excluding hydrogens is 1210 g/mol. The minimum absolute atomic E-state index is 0. The van der Waals surface area contributed by atoms with E-state index in [1.165, 1.54) is 66.7 Å². The summed E-state index contributed by atoms with van der Waals surface area (Å²) < 4.78 is 35.3. The SMILES string of the molecule is C.Cc1ccc(Oc2cccc(Oc3cc[c-]s3)c2)s1.Cc1cccc(C(C)(C)c2cccc(Oc3ccc(Oc4cccc(C(C)(C)c5c[c-]ccc5)c4)s3)c2)c1.Cc1cccc(Oc2ccc(Oc3ccc[c-]n3)s2)n1.[K+].[K+].[K+].[OH3+].[OH3+].[OH3+]. The van der Waals surface area contributed by atoms with Gasteiger partial charge in [0.05, 0.1) is 0 Å². The second-order valence-corrected chi connectivity index (χ2v) is 22.8. The van der Waals surface area contributed by atoms with E-state index in [1.807, 2.05) is 140 Å². The summed E-state index contributed by atoms with van der Waals surface area (Å²) in [7, 11) is 0. The summed E-state index contributed by atoms with van der Waals surface area (Å²) in [6.45, 7) is 15.1. The first kappa shape index (κ1) is 76.9. The molecule has 9 N–H and O–H groups in total. The fourth-order valence-corrected chi connectivity index (χ4v) is 10.6. The van der Waals surface area contributed by atoms with Crippen LogP contribution in [-0.4, -0.2) is 9.97 Å². The zero-order chi connectivity index (χ0) is 53.6. The molecule has 0 aliphatic rings. The third-order valence-corrected chi connectivity index (χ3v) is 15.3. The maximum absolute atomic E-state index is 6.26. The van der Waals surface area contributed by atoms with Gasteiger partial charge in [-0.15, -0.1) is 28.3 Å². The van der Waals surface area contributed by atoms with Crippen LogP contribution < -0.4 is 183 Å².